The van der Waals surface area contributed by atoms with Crippen molar-refractivity contribution in [1.29, 1.82) is 0 Å². The first-order chi connectivity index (χ1) is 5.33. The van der Waals surface area contributed by atoms with E-state index >= 15 is 0 Å². The minimum Gasteiger partial charge on any atom is -0.207 e. The molecule has 0 nitrogen and oxygen atoms in total. The van der Waals surface area contributed by atoms with Crippen LogP contribution in [0.2, 0.25) is 0 Å². The molecular weight excluding hydrogens is 159 g/mol. The maximum atomic E-state index is 12.4. The van der Waals surface area contributed by atoms with Crippen LogP contribution in [0, 0.1) is 12.7 Å². The molecule has 1 radical (unpaired) electrons. The Kier molecular flexibility index (Phi) is 3.43. The van der Waals surface area contributed by atoms with E-state index in [9.17, 15) is 4.39 Å². The molecule has 1 aromatic carbocycles. The molecule has 0 bridgehead atoms. The van der Waals surface area contributed by atoms with E-state index in [1.807, 2.05) is 0 Å². The van der Waals surface area contributed by atoms with Gasteiger partial charge in [-0.05, 0) is 36.4 Å². The maximum Gasteiger partial charge on any atom is 0.123 e. The fourth-order valence-corrected chi connectivity index (χ4v) is 1.43. The lowest BCUT2D eigenvalue weighted by Crippen LogP contribution is -1.76. The van der Waals surface area contributed by atoms with Gasteiger partial charge in [0.25, 0.3) is 0 Å². The Balaban J connectivity index is 2.52. The first-order valence-electron chi connectivity index (χ1n) is 3.50. The molecule has 0 fully saturated rings. The molecule has 0 aliphatic heterocycles. The van der Waals surface area contributed by atoms with Crippen LogP contribution in [0.1, 0.15) is 6.42 Å². The monoisotopic (exact) mass is 169 g/mol. The van der Waals surface area contributed by atoms with E-state index in [0.717, 1.165) is 17.1 Å². The van der Waals surface area contributed by atoms with Crippen molar-refractivity contribution in [3.63, 3.8) is 0 Å². The van der Waals surface area contributed by atoms with Gasteiger partial charge in [-0.15, -0.1) is 11.8 Å². The lowest BCUT2D eigenvalue weighted by molar-refractivity contribution is 0.626. The zero-order chi connectivity index (χ0) is 8.10. The lowest BCUT2D eigenvalue weighted by Gasteiger charge is -1.97. The van der Waals surface area contributed by atoms with E-state index in [2.05, 4.69) is 6.92 Å². The fraction of sp³-hybridized carbons (Fsp3) is 0.222. The van der Waals surface area contributed by atoms with E-state index < -0.39 is 0 Å². The second-order valence-corrected chi connectivity index (χ2v) is 3.32. The number of hydrogen-bond acceptors (Lipinski definition) is 1. The molecule has 0 aliphatic carbocycles. The number of benzene rings is 1. The van der Waals surface area contributed by atoms with Crippen molar-refractivity contribution in [3.05, 3.63) is 37.0 Å². The summed E-state index contributed by atoms with van der Waals surface area (Å²) in [6.07, 6.45) is 0.905. The number of rotatable bonds is 3. The first-order valence-corrected chi connectivity index (χ1v) is 4.49. The highest BCUT2D eigenvalue weighted by Crippen LogP contribution is 2.18. The molecule has 0 N–H and O–H groups in total. The Morgan fingerprint density at radius 2 is 1.91 bits per heavy atom. The zero-order valence-electron chi connectivity index (χ0n) is 6.22. The van der Waals surface area contributed by atoms with E-state index in [1.54, 1.807) is 23.9 Å². The molecular formula is C9H10FS. The van der Waals surface area contributed by atoms with E-state index in [4.69, 9.17) is 0 Å². The molecule has 2 heteroatoms. The van der Waals surface area contributed by atoms with Crippen LogP contribution < -0.4 is 0 Å². The van der Waals surface area contributed by atoms with E-state index in [1.165, 1.54) is 12.1 Å². The highest BCUT2D eigenvalue weighted by molar-refractivity contribution is 7.99. The molecule has 0 unspecified atom stereocenters. The number of hydrogen-bond donors (Lipinski definition) is 0. The van der Waals surface area contributed by atoms with Gasteiger partial charge in [0.1, 0.15) is 5.82 Å². The normalized spacial score (nSPS) is 10.0. The lowest BCUT2D eigenvalue weighted by atomic mass is 10.4. The Labute approximate surface area is 70.8 Å². The minimum absolute atomic E-state index is 0.177. The van der Waals surface area contributed by atoms with Gasteiger partial charge >= 0.3 is 0 Å². The summed E-state index contributed by atoms with van der Waals surface area (Å²) >= 11 is 1.70. The molecule has 0 spiro atoms. The highest BCUT2D eigenvalue weighted by Gasteiger charge is 1.92. The fourth-order valence-electron chi connectivity index (χ4n) is 0.721. The molecule has 0 atom stereocenters. The van der Waals surface area contributed by atoms with Crippen molar-refractivity contribution >= 4 is 11.8 Å². The molecule has 0 saturated heterocycles. The third-order valence-corrected chi connectivity index (χ3v) is 2.33. The molecule has 1 aromatic rings. The van der Waals surface area contributed by atoms with Crippen LogP contribution in [0.15, 0.2) is 29.2 Å². The van der Waals surface area contributed by atoms with Gasteiger partial charge in [-0.2, -0.15) is 0 Å². The SMILES string of the molecule is [CH2]CCSc1ccc(F)cc1. The van der Waals surface area contributed by atoms with Crippen LogP contribution >= 0.6 is 11.8 Å². The second kappa shape index (κ2) is 4.39. The van der Waals surface area contributed by atoms with Gasteiger partial charge in [0.15, 0.2) is 0 Å². The average molecular weight is 169 g/mol. The summed E-state index contributed by atoms with van der Waals surface area (Å²) < 4.78 is 12.4. The standard InChI is InChI=1S/C9H10FS/c1-2-7-11-9-5-3-8(10)4-6-9/h3-6H,1-2,7H2. The minimum atomic E-state index is -0.177. The summed E-state index contributed by atoms with van der Waals surface area (Å²) in [6, 6.07) is 6.53. The molecule has 0 aliphatic rings. The summed E-state index contributed by atoms with van der Waals surface area (Å²) in [5, 5.41) is 0. The molecule has 1 rings (SSSR count). The van der Waals surface area contributed by atoms with E-state index in [-0.39, 0.29) is 5.82 Å². The summed E-state index contributed by atoms with van der Waals surface area (Å²) in [7, 11) is 0. The van der Waals surface area contributed by atoms with Crippen LogP contribution in [0.3, 0.4) is 0 Å². The van der Waals surface area contributed by atoms with Crippen molar-refractivity contribution in [2.45, 2.75) is 11.3 Å². The van der Waals surface area contributed by atoms with Gasteiger partial charge in [-0.3, -0.25) is 0 Å². The summed E-state index contributed by atoms with van der Waals surface area (Å²) in [5.74, 6) is 0.815. The van der Waals surface area contributed by atoms with Crippen molar-refractivity contribution < 1.29 is 4.39 Å². The smallest absolute Gasteiger partial charge is 0.123 e. The van der Waals surface area contributed by atoms with Crippen molar-refractivity contribution in [1.82, 2.24) is 0 Å². The van der Waals surface area contributed by atoms with E-state index in [0.29, 0.717) is 0 Å². The summed E-state index contributed by atoms with van der Waals surface area (Å²) in [6.45, 7) is 3.72. The van der Waals surface area contributed by atoms with Gasteiger partial charge in [-0.1, -0.05) is 6.92 Å². The van der Waals surface area contributed by atoms with Crippen LogP contribution in [0.5, 0.6) is 0 Å². The summed E-state index contributed by atoms with van der Waals surface area (Å²) in [4.78, 5) is 1.11. The molecule has 59 valence electrons. The van der Waals surface area contributed by atoms with Crippen LogP contribution in [-0.2, 0) is 0 Å². The predicted octanol–water partition coefficient (Wildman–Crippen LogP) is 3.14. The van der Waals surface area contributed by atoms with Crippen molar-refractivity contribution in [3.8, 4) is 0 Å². The zero-order valence-corrected chi connectivity index (χ0v) is 7.03. The third kappa shape index (κ3) is 2.93. The molecule has 0 amide bonds. The van der Waals surface area contributed by atoms with Gasteiger partial charge < -0.3 is 0 Å². The maximum absolute atomic E-state index is 12.4. The van der Waals surface area contributed by atoms with Gasteiger partial charge in [0, 0.05) is 4.90 Å². The molecule has 0 heterocycles. The Bertz CT molecular complexity index is 205. The average Bonchev–Trinajstić information content (AvgIpc) is 2.04. The van der Waals surface area contributed by atoms with Gasteiger partial charge in [0.05, 0.1) is 0 Å². The summed E-state index contributed by atoms with van der Waals surface area (Å²) in [5.41, 5.74) is 0. The first kappa shape index (κ1) is 8.60. The quantitative estimate of drug-likeness (QED) is 0.626. The van der Waals surface area contributed by atoms with Crippen molar-refractivity contribution in [2.75, 3.05) is 5.75 Å². The van der Waals surface area contributed by atoms with Crippen molar-refractivity contribution in [2.24, 2.45) is 0 Å². The Morgan fingerprint density at radius 3 is 2.45 bits per heavy atom. The van der Waals surface area contributed by atoms with Gasteiger partial charge in [0.2, 0.25) is 0 Å². The Hall–Kier alpha value is -0.500. The Morgan fingerprint density at radius 1 is 1.27 bits per heavy atom. The second-order valence-electron chi connectivity index (χ2n) is 2.16. The van der Waals surface area contributed by atoms with Crippen LogP contribution in [-0.4, -0.2) is 5.75 Å². The number of thioether (sulfide) groups is 1. The topological polar surface area (TPSA) is 0 Å². The molecule has 11 heavy (non-hydrogen) atoms. The van der Waals surface area contributed by atoms with Crippen LogP contribution in [0.25, 0.3) is 0 Å². The predicted molar refractivity (Wildman–Crippen MR) is 47.1 cm³/mol. The van der Waals surface area contributed by atoms with Crippen LogP contribution in [0.4, 0.5) is 4.39 Å². The molecule has 0 saturated carbocycles. The third-order valence-electron chi connectivity index (χ3n) is 1.23. The highest BCUT2D eigenvalue weighted by atomic mass is 32.2. The largest absolute Gasteiger partial charge is 0.207 e. The number of halogens is 1. The molecule has 0 aromatic heterocycles. The van der Waals surface area contributed by atoms with Gasteiger partial charge in [-0.25, -0.2) is 4.39 Å².